The summed E-state index contributed by atoms with van der Waals surface area (Å²) in [6, 6.07) is 9.29. The number of amides is 1. The molecule has 0 saturated heterocycles. The van der Waals surface area contributed by atoms with Gasteiger partial charge in [-0.15, -0.1) is 0 Å². The summed E-state index contributed by atoms with van der Waals surface area (Å²) in [5, 5.41) is 17.0. The second kappa shape index (κ2) is 7.05. The minimum atomic E-state index is -0.295. The molecular weight excluding hydrogens is 306 g/mol. The Hall–Kier alpha value is -2.34. The van der Waals surface area contributed by atoms with E-state index in [0.29, 0.717) is 12.2 Å². The van der Waals surface area contributed by atoms with Gasteiger partial charge in [0.05, 0.1) is 18.9 Å². The van der Waals surface area contributed by atoms with Gasteiger partial charge in [-0.3, -0.25) is 9.89 Å². The quantitative estimate of drug-likeness (QED) is 0.882. The first kappa shape index (κ1) is 16.5. The van der Waals surface area contributed by atoms with E-state index in [-0.39, 0.29) is 17.9 Å². The second-order valence-electron chi connectivity index (χ2n) is 6.34. The Morgan fingerprint density at radius 1 is 1.38 bits per heavy atom. The van der Waals surface area contributed by atoms with Crippen LogP contribution in [0.25, 0.3) is 11.3 Å². The van der Waals surface area contributed by atoms with Crippen LogP contribution < -0.4 is 4.74 Å². The van der Waals surface area contributed by atoms with Gasteiger partial charge >= 0.3 is 0 Å². The van der Waals surface area contributed by atoms with Crippen LogP contribution in [0, 0.1) is 5.92 Å². The number of hydrogen-bond acceptors (Lipinski definition) is 4. The number of carbonyl (C=O) groups is 1. The van der Waals surface area contributed by atoms with Crippen molar-refractivity contribution in [2.45, 2.75) is 25.4 Å². The van der Waals surface area contributed by atoms with Crippen molar-refractivity contribution in [2.24, 2.45) is 5.92 Å². The molecule has 2 atom stereocenters. The predicted octanol–water partition coefficient (Wildman–Crippen LogP) is 2.32. The first-order chi connectivity index (χ1) is 11.6. The topological polar surface area (TPSA) is 78.5 Å². The molecule has 128 valence electrons. The fourth-order valence-electron chi connectivity index (χ4n) is 3.21. The van der Waals surface area contributed by atoms with Gasteiger partial charge in [0, 0.05) is 25.1 Å². The standard InChI is InChI=1S/C18H23N3O3/c1-21(11-13-4-3-5-17(13)22)18(23)16-10-15(19-20-16)12-6-8-14(24-2)9-7-12/h6-10,13,17,22H,3-5,11H2,1-2H3,(H,19,20). The Bertz CT molecular complexity index is 696. The molecule has 1 aromatic heterocycles. The molecule has 6 nitrogen and oxygen atoms in total. The number of rotatable bonds is 5. The van der Waals surface area contributed by atoms with E-state index in [0.717, 1.165) is 36.3 Å². The van der Waals surface area contributed by atoms with Crippen molar-refractivity contribution in [3.05, 3.63) is 36.0 Å². The zero-order valence-electron chi connectivity index (χ0n) is 14.0. The molecule has 1 amide bonds. The molecule has 1 aromatic carbocycles. The van der Waals surface area contributed by atoms with Gasteiger partial charge in [-0.05, 0) is 43.2 Å². The molecule has 2 unspecified atom stereocenters. The van der Waals surface area contributed by atoms with Gasteiger partial charge in [-0.1, -0.05) is 6.42 Å². The number of aromatic amines is 1. The molecule has 24 heavy (non-hydrogen) atoms. The SMILES string of the molecule is COc1ccc(-c2cc(C(=O)N(C)CC3CCCC3O)[nH]n2)cc1. The number of methoxy groups -OCH3 is 1. The largest absolute Gasteiger partial charge is 0.497 e. The predicted molar refractivity (Wildman–Crippen MR) is 90.9 cm³/mol. The third-order valence-corrected chi connectivity index (χ3v) is 4.67. The summed E-state index contributed by atoms with van der Waals surface area (Å²) in [6.45, 7) is 0.566. The molecule has 2 aromatic rings. The number of nitrogens with one attached hydrogen (secondary N) is 1. The van der Waals surface area contributed by atoms with Crippen LogP contribution in [-0.2, 0) is 0 Å². The lowest BCUT2D eigenvalue weighted by Crippen LogP contribution is -2.34. The third kappa shape index (κ3) is 3.43. The molecule has 3 rings (SSSR count). The Kier molecular flexibility index (Phi) is 4.85. The highest BCUT2D eigenvalue weighted by atomic mass is 16.5. The summed E-state index contributed by atoms with van der Waals surface area (Å²) >= 11 is 0. The number of aromatic nitrogens is 2. The molecule has 1 fully saturated rings. The summed E-state index contributed by atoms with van der Waals surface area (Å²) in [6.07, 6.45) is 2.54. The Morgan fingerprint density at radius 2 is 2.12 bits per heavy atom. The van der Waals surface area contributed by atoms with Crippen LogP contribution in [0.5, 0.6) is 5.75 Å². The smallest absolute Gasteiger partial charge is 0.271 e. The highest BCUT2D eigenvalue weighted by molar-refractivity contribution is 5.93. The van der Waals surface area contributed by atoms with E-state index in [9.17, 15) is 9.90 Å². The summed E-state index contributed by atoms with van der Waals surface area (Å²) in [5.41, 5.74) is 2.09. The van der Waals surface area contributed by atoms with Crippen molar-refractivity contribution in [2.75, 3.05) is 20.7 Å². The number of aliphatic hydroxyl groups is 1. The lowest BCUT2D eigenvalue weighted by molar-refractivity contribution is 0.0688. The van der Waals surface area contributed by atoms with E-state index in [4.69, 9.17) is 4.74 Å². The maximum atomic E-state index is 12.5. The monoisotopic (exact) mass is 329 g/mol. The van der Waals surface area contributed by atoms with Crippen molar-refractivity contribution in [3.63, 3.8) is 0 Å². The average molecular weight is 329 g/mol. The molecular formula is C18H23N3O3. The van der Waals surface area contributed by atoms with E-state index in [2.05, 4.69) is 10.2 Å². The van der Waals surface area contributed by atoms with Crippen LogP contribution in [0.4, 0.5) is 0 Å². The third-order valence-electron chi connectivity index (χ3n) is 4.67. The Morgan fingerprint density at radius 3 is 2.75 bits per heavy atom. The van der Waals surface area contributed by atoms with Gasteiger partial charge in [0.2, 0.25) is 0 Å². The van der Waals surface area contributed by atoms with Crippen molar-refractivity contribution >= 4 is 5.91 Å². The van der Waals surface area contributed by atoms with Crippen molar-refractivity contribution in [1.82, 2.24) is 15.1 Å². The van der Waals surface area contributed by atoms with Gasteiger partial charge in [-0.2, -0.15) is 5.10 Å². The number of hydrogen-bond donors (Lipinski definition) is 2. The lowest BCUT2D eigenvalue weighted by atomic mass is 10.1. The van der Waals surface area contributed by atoms with Crippen LogP contribution in [0.2, 0.25) is 0 Å². The van der Waals surface area contributed by atoms with Crippen molar-refractivity contribution < 1.29 is 14.6 Å². The highest BCUT2D eigenvalue weighted by Crippen LogP contribution is 2.26. The number of H-pyrrole nitrogens is 1. The van der Waals surface area contributed by atoms with E-state index in [1.54, 1.807) is 25.1 Å². The maximum absolute atomic E-state index is 12.5. The van der Waals surface area contributed by atoms with E-state index in [1.165, 1.54) is 0 Å². The van der Waals surface area contributed by atoms with Crippen LogP contribution in [0.1, 0.15) is 29.8 Å². The number of nitrogens with zero attached hydrogens (tertiary/aromatic N) is 2. The molecule has 1 aliphatic carbocycles. The van der Waals surface area contributed by atoms with Crippen LogP contribution in [0.15, 0.2) is 30.3 Å². The summed E-state index contributed by atoms with van der Waals surface area (Å²) in [5.74, 6) is 0.838. The number of carbonyl (C=O) groups excluding carboxylic acids is 1. The second-order valence-corrected chi connectivity index (χ2v) is 6.34. The van der Waals surface area contributed by atoms with Gasteiger partial charge in [0.25, 0.3) is 5.91 Å². The summed E-state index contributed by atoms with van der Waals surface area (Å²) in [7, 11) is 3.39. The van der Waals surface area contributed by atoms with E-state index in [1.807, 2.05) is 24.3 Å². The van der Waals surface area contributed by atoms with Crippen LogP contribution >= 0.6 is 0 Å². The number of aliphatic hydroxyl groups excluding tert-OH is 1. The molecule has 2 N–H and O–H groups in total. The van der Waals surface area contributed by atoms with Gasteiger partial charge < -0.3 is 14.7 Å². The summed E-state index contributed by atoms with van der Waals surface area (Å²) < 4.78 is 5.14. The van der Waals surface area contributed by atoms with E-state index < -0.39 is 0 Å². The fourth-order valence-corrected chi connectivity index (χ4v) is 3.21. The number of ether oxygens (including phenoxy) is 1. The van der Waals surface area contributed by atoms with Gasteiger partial charge in [0.15, 0.2) is 0 Å². The first-order valence-corrected chi connectivity index (χ1v) is 8.22. The fraction of sp³-hybridized carbons (Fsp3) is 0.444. The van der Waals surface area contributed by atoms with Gasteiger partial charge in [-0.25, -0.2) is 0 Å². The zero-order valence-corrected chi connectivity index (χ0v) is 14.0. The van der Waals surface area contributed by atoms with Crippen molar-refractivity contribution in [1.29, 1.82) is 0 Å². The molecule has 0 aliphatic heterocycles. The number of benzene rings is 1. The van der Waals surface area contributed by atoms with Crippen LogP contribution in [-0.4, -0.2) is 52.9 Å². The first-order valence-electron chi connectivity index (χ1n) is 8.22. The van der Waals surface area contributed by atoms with Crippen LogP contribution in [0.3, 0.4) is 0 Å². The average Bonchev–Trinajstić information content (AvgIpc) is 3.24. The minimum absolute atomic E-state index is 0.110. The Labute approximate surface area is 141 Å². The zero-order chi connectivity index (χ0) is 17.1. The van der Waals surface area contributed by atoms with E-state index >= 15 is 0 Å². The van der Waals surface area contributed by atoms with Gasteiger partial charge in [0.1, 0.15) is 11.4 Å². The molecule has 0 spiro atoms. The van der Waals surface area contributed by atoms with Crippen molar-refractivity contribution in [3.8, 4) is 17.0 Å². The Balaban J connectivity index is 1.68. The minimum Gasteiger partial charge on any atom is -0.497 e. The molecule has 0 radical (unpaired) electrons. The maximum Gasteiger partial charge on any atom is 0.271 e. The summed E-state index contributed by atoms with van der Waals surface area (Å²) in [4.78, 5) is 14.2. The molecule has 6 heteroatoms. The highest BCUT2D eigenvalue weighted by Gasteiger charge is 2.28. The molecule has 1 heterocycles. The molecule has 1 aliphatic rings. The normalized spacial score (nSPS) is 20.1. The molecule has 1 saturated carbocycles. The molecule has 0 bridgehead atoms. The lowest BCUT2D eigenvalue weighted by Gasteiger charge is -2.22.